The van der Waals surface area contributed by atoms with Crippen molar-refractivity contribution in [3.05, 3.63) is 146 Å². The van der Waals surface area contributed by atoms with Crippen molar-refractivity contribution in [1.82, 2.24) is 19.4 Å². The van der Waals surface area contributed by atoms with Crippen molar-refractivity contribution >= 4 is 76.9 Å². The van der Waals surface area contributed by atoms with Gasteiger partial charge in [0.2, 0.25) is 5.90 Å². The van der Waals surface area contributed by atoms with Crippen LogP contribution in [-0.2, 0) is 13.4 Å². The number of furan rings is 2. The average Bonchev–Trinajstić information content (AvgIpc) is 4.07. The largest absolute Gasteiger partial charge is 0.478 e. The third-order valence-electron chi connectivity index (χ3n) is 7.54. The maximum Gasteiger partial charge on any atom is 0.214 e. The normalized spacial score (nSPS) is 9.83. The molecule has 6 aromatic heterocycles. The van der Waals surface area contributed by atoms with E-state index in [2.05, 4.69) is 16.0 Å². The van der Waals surface area contributed by atoms with Crippen LogP contribution in [0, 0.1) is 16.7 Å². The minimum absolute atomic E-state index is 0. The summed E-state index contributed by atoms with van der Waals surface area (Å²) in [5, 5.41) is 26.3. The van der Waals surface area contributed by atoms with Gasteiger partial charge >= 0.3 is 0 Å². The van der Waals surface area contributed by atoms with E-state index in [-0.39, 0.29) is 52.2 Å². The quantitative estimate of drug-likeness (QED) is 0.0390. The van der Waals surface area contributed by atoms with Crippen molar-refractivity contribution in [2.24, 2.45) is 0 Å². The molecule has 0 aliphatic rings. The lowest BCUT2D eigenvalue weighted by Crippen LogP contribution is -2.09. The van der Waals surface area contributed by atoms with Crippen molar-refractivity contribution in [3.63, 3.8) is 0 Å². The number of aromatic nitrogens is 4. The van der Waals surface area contributed by atoms with E-state index >= 15 is 0 Å². The number of halogens is 2. The molecule has 0 bridgehead atoms. The highest BCUT2D eigenvalue weighted by atomic mass is 35.5. The zero-order valence-electron chi connectivity index (χ0n) is 30.8. The predicted molar refractivity (Wildman–Crippen MR) is 239 cm³/mol. The van der Waals surface area contributed by atoms with Crippen LogP contribution in [0.15, 0.2) is 153 Å². The smallest absolute Gasteiger partial charge is 0.214 e. The minimum Gasteiger partial charge on any atom is -0.478 e. The molecule has 8 rings (SSSR count). The van der Waals surface area contributed by atoms with E-state index in [1.165, 1.54) is 15.7 Å². The molecule has 316 valence electrons. The second kappa shape index (κ2) is 25.6. The molecule has 0 aliphatic carbocycles. The highest BCUT2D eigenvalue weighted by Gasteiger charge is 2.17. The molecule has 8 aromatic rings. The Morgan fingerprint density at radius 3 is 1.65 bits per heavy atom. The zero-order chi connectivity index (χ0) is 39.1. The molecule has 18 heteroatoms. The number of rotatable bonds is 12. The molecular formula is C42H44Cl2N6O8S2. The highest BCUT2D eigenvalue weighted by Crippen LogP contribution is 2.32. The lowest BCUT2D eigenvalue weighted by Gasteiger charge is -2.06. The molecule has 0 atom stereocenters. The number of benzene rings is 2. The Morgan fingerprint density at radius 2 is 1.22 bits per heavy atom. The van der Waals surface area contributed by atoms with E-state index < -0.39 is 0 Å². The van der Waals surface area contributed by atoms with Gasteiger partial charge < -0.3 is 18.7 Å². The van der Waals surface area contributed by atoms with Crippen LogP contribution < -0.4 is 9.98 Å². The van der Waals surface area contributed by atoms with Crippen molar-refractivity contribution in [2.45, 2.75) is 38.5 Å². The number of fused-ring (bicyclic) bond motifs is 2. The van der Waals surface area contributed by atoms with Gasteiger partial charge in [0.15, 0.2) is 11.3 Å². The molecule has 2 aromatic carbocycles. The van der Waals surface area contributed by atoms with Crippen molar-refractivity contribution < 1.29 is 37.3 Å². The molecular weight excluding hydrogens is 852 g/mol. The number of aliphatic hydroxyl groups excluding tert-OH is 1. The molecule has 14 nitrogen and oxygen atoms in total. The van der Waals surface area contributed by atoms with Gasteiger partial charge in [-0.2, -0.15) is 5.26 Å². The van der Waals surface area contributed by atoms with Crippen molar-refractivity contribution in [1.29, 1.82) is 10.7 Å². The van der Waals surface area contributed by atoms with Crippen LogP contribution in [0.4, 0.5) is 0 Å². The van der Waals surface area contributed by atoms with Crippen molar-refractivity contribution in [3.8, 4) is 28.3 Å². The van der Waals surface area contributed by atoms with Crippen LogP contribution in [-0.4, -0.2) is 43.6 Å². The second-order valence-electron chi connectivity index (χ2n) is 11.2. The van der Waals surface area contributed by atoms with Gasteiger partial charge in [-0.25, -0.2) is 19.9 Å². The maximum absolute atomic E-state index is 9.12. The number of hydrogen-bond donors (Lipinski definition) is 2. The van der Waals surface area contributed by atoms with E-state index in [9.17, 15) is 0 Å². The van der Waals surface area contributed by atoms with E-state index in [1.807, 2.05) is 85.8 Å². The van der Waals surface area contributed by atoms with Crippen LogP contribution >= 0.6 is 48.9 Å². The summed E-state index contributed by atoms with van der Waals surface area (Å²) in [4.78, 5) is 21.4. The van der Waals surface area contributed by atoms with E-state index in [4.69, 9.17) is 48.0 Å². The van der Waals surface area contributed by atoms with Crippen LogP contribution in [0.2, 0.25) is 0 Å². The van der Waals surface area contributed by atoms with Gasteiger partial charge in [-0.05, 0) is 62.4 Å². The van der Waals surface area contributed by atoms with Gasteiger partial charge in [0.25, 0.3) is 0 Å². The van der Waals surface area contributed by atoms with Gasteiger partial charge in [0.05, 0.1) is 79.3 Å². The molecule has 0 radical (unpaired) electrons. The Bertz CT molecular complexity index is 2500. The lowest BCUT2D eigenvalue weighted by atomic mass is 10.1. The molecule has 60 heavy (non-hydrogen) atoms. The topological polar surface area (TPSA) is 176 Å². The molecule has 0 aliphatic heterocycles. The first-order chi connectivity index (χ1) is 27.5. The second-order valence-corrected chi connectivity index (χ2v) is 12.8. The Hall–Kier alpha value is -5.90. The number of ether oxygens (including phenoxy) is 1. The Kier molecular flexibility index (Phi) is 21.4. The number of aliphatic hydroxyl groups is 1. The zero-order valence-corrected chi connectivity index (χ0v) is 34.1. The van der Waals surface area contributed by atoms with Crippen LogP contribution in [0.5, 0.6) is 0 Å². The first-order valence-corrected chi connectivity index (χ1v) is 18.4. The lowest BCUT2D eigenvalue weighted by molar-refractivity contribution is -0.188. The van der Waals surface area contributed by atoms with Crippen LogP contribution in [0.25, 0.3) is 44.3 Å². The summed E-state index contributed by atoms with van der Waals surface area (Å²) in [7, 11) is 0. The predicted octanol–water partition coefficient (Wildman–Crippen LogP) is 11.1. The fourth-order valence-corrected chi connectivity index (χ4v) is 5.99. The molecule has 0 saturated carbocycles. The van der Waals surface area contributed by atoms with Gasteiger partial charge in [-0.1, -0.05) is 59.9 Å². The van der Waals surface area contributed by atoms with Gasteiger partial charge in [0, 0.05) is 61.8 Å². The standard InChI is InChI=1S/C20H17N3O4S.C18H11N3O3S.C2H6O.2CH4.2ClH/c1-2-25-19(21)15-10-17-18(14-8-9-24-13-14)12-23(20(17)22-11-15)26-27-28-16-6-4-3-5-7-16;19-9-13-8-16-17(14-6-7-22-12-14)11-21(18(16)20-10-13)23-24-25-15-4-2-1-3-5-15;1-2-3;;;;/h3-13,21H,2H2,1H3;1-8,10-12H;3H,2H2,1H3;2*1H4;2*1H. The summed E-state index contributed by atoms with van der Waals surface area (Å²) in [5.41, 5.74) is 5.55. The van der Waals surface area contributed by atoms with E-state index in [1.54, 1.807) is 56.6 Å². The highest BCUT2D eigenvalue weighted by molar-refractivity contribution is 7.94. The first kappa shape index (κ1) is 50.2. The Balaban J connectivity index is 0.000000367. The SMILES string of the molecule is C.C.CCO.CCOC(=N)c1cnc2c(c1)c(-c1ccoc1)cn2OOSc1ccccc1.Cl.Cl.N#Cc1cnc2c(c1)c(-c1ccoc1)cn2OOSc1ccccc1. The number of nitrogens with one attached hydrogen (secondary N) is 1. The van der Waals surface area contributed by atoms with E-state index in [0.29, 0.717) is 29.0 Å². The Labute approximate surface area is 368 Å². The summed E-state index contributed by atoms with van der Waals surface area (Å²) in [6.07, 6.45) is 13.0. The van der Waals surface area contributed by atoms with Crippen molar-refractivity contribution in [2.75, 3.05) is 13.2 Å². The number of nitriles is 1. The van der Waals surface area contributed by atoms with E-state index in [0.717, 1.165) is 66.9 Å². The third-order valence-corrected chi connectivity index (χ3v) is 8.72. The number of pyridine rings is 2. The minimum atomic E-state index is 0. The fourth-order valence-electron chi connectivity index (χ4n) is 5.11. The molecule has 6 heterocycles. The fraction of sp³-hybridized carbons (Fsp3) is 0.143. The van der Waals surface area contributed by atoms with Crippen LogP contribution in [0.1, 0.15) is 39.8 Å². The molecule has 0 fully saturated rings. The Morgan fingerprint density at radius 1 is 0.750 bits per heavy atom. The van der Waals surface area contributed by atoms with Gasteiger partial charge in [-0.3, -0.25) is 5.41 Å². The number of nitrogens with zero attached hydrogens (tertiary/aromatic N) is 5. The summed E-state index contributed by atoms with van der Waals surface area (Å²) in [5.74, 6) is 0.0691. The van der Waals surface area contributed by atoms with Gasteiger partial charge in [0.1, 0.15) is 6.07 Å². The summed E-state index contributed by atoms with van der Waals surface area (Å²) in [6.45, 7) is 4.18. The summed E-state index contributed by atoms with van der Waals surface area (Å²) < 4.78 is 29.1. The first-order valence-electron chi connectivity index (χ1n) is 17.0. The van der Waals surface area contributed by atoms with Crippen LogP contribution in [0.3, 0.4) is 0 Å². The average molecular weight is 896 g/mol. The maximum atomic E-state index is 9.12. The molecule has 0 spiro atoms. The molecule has 0 saturated heterocycles. The third kappa shape index (κ3) is 12.8. The molecule has 2 N–H and O–H groups in total. The number of hydrogen-bond acceptors (Lipinski definition) is 14. The summed E-state index contributed by atoms with van der Waals surface area (Å²) in [6, 6.07) is 28.6. The van der Waals surface area contributed by atoms with Gasteiger partial charge in [-0.15, -0.1) is 34.3 Å². The monoisotopic (exact) mass is 894 g/mol. The molecule has 0 unspecified atom stereocenters. The molecule has 0 amide bonds. The summed E-state index contributed by atoms with van der Waals surface area (Å²) >= 11 is 2.20.